The number of nitrogens with zero attached hydrogens (tertiary/aromatic N) is 4. The first-order valence-electron chi connectivity index (χ1n) is 16.3. The summed E-state index contributed by atoms with van der Waals surface area (Å²) in [4.78, 5) is 26.1. The normalized spacial score (nSPS) is 26.5. The molecule has 3 aromatic carbocycles. The number of likely N-dealkylation sites (tertiary alicyclic amines) is 1. The van der Waals surface area contributed by atoms with Gasteiger partial charge in [-0.25, -0.2) is 13.2 Å². The van der Waals surface area contributed by atoms with Crippen molar-refractivity contribution in [2.75, 3.05) is 37.7 Å². The molecule has 2 saturated carbocycles. The highest BCUT2D eigenvalue weighted by Gasteiger charge is 2.51. The molecule has 4 atom stereocenters. The number of benzene rings is 3. The van der Waals surface area contributed by atoms with E-state index in [-0.39, 0.29) is 50.5 Å². The molecule has 0 radical (unpaired) electrons. The minimum Gasteiger partial charge on any atom is -0.508 e. The van der Waals surface area contributed by atoms with Gasteiger partial charge >= 0.3 is 6.01 Å². The number of ketones is 1. The summed E-state index contributed by atoms with van der Waals surface area (Å²) in [6, 6.07) is 9.18. The number of rotatable bonds is 7. The number of piperazine rings is 1. The number of halogens is 3. The van der Waals surface area contributed by atoms with E-state index in [2.05, 4.69) is 20.1 Å². The van der Waals surface area contributed by atoms with Crippen LogP contribution < -0.4 is 15.0 Å². The number of hydrogen-bond donors (Lipinski definition) is 2. The molecule has 238 valence electrons. The maximum absolute atomic E-state index is 16.7. The third-order valence-electron chi connectivity index (χ3n) is 11.0. The van der Waals surface area contributed by atoms with Crippen molar-refractivity contribution in [2.45, 2.75) is 56.7 Å². The Bertz CT molecular complexity index is 1920. The zero-order valence-electron chi connectivity index (χ0n) is 25.2. The molecular weight excluding hydrogens is 595 g/mol. The zero-order valence-corrected chi connectivity index (χ0v) is 25.2. The minimum atomic E-state index is -1.11. The number of nitrogens with one attached hydrogen (secondary N) is 1. The predicted molar refractivity (Wildman–Crippen MR) is 166 cm³/mol. The Labute approximate surface area is 263 Å². The van der Waals surface area contributed by atoms with Gasteiger partial charge in [-0.2, -0.15) is 9.97 Å². The smallest absolute Gasteiger partial charge is 0.319 e. The molecule has 1 aromatic heterocycles. The van der Waals surface area contributed by atoms with Crippen molar-refractivity contribution in [3.8, 4) is 22.9 Å². The van der Waals surface area contributed by atoms with E-state index in [1.807, 2.05) is 0 Å². The molecule has 4 heterocycles. The maximum Gasteiger partial charge on any atom is 0.319 e. The van der Waals surface area contributed by atoms with Gasteiger partial charge < -0.3 is 20.1 Å². The molecule has 2 aliphatic carbocycles. The predicted octanol–water partition coefficient (Wildman–Crippen LogP) is 5.34. The van der Waals surface area contributed by atoms with Crippen LogP contribution >= 0.6 is 0 Å². The number of carbonyl (C=O) groups is 1. The number of hydrogen-bond acceptors (Lipinski definition) is 8. The van der Waals surface area contributed by atoms with Gasteiger partial charge in [0.15, 0.2) is 17.5 Å². The maximum atomic E-state index is 16.7. The molecule has 46 heavy (non-hydrogen) atoms. The molecule has 0 spiro atoms. The highest BCUT2D eigenvalue weighted by atomic mass is 19.2. The van der Waals surface area contributed by atoms with Crippen molar-refractivity contribution in [3.05, 3.63) is 53.8 Å². The highest BCUT2D eigenvalue weighted by molar-refractivity contribution is 6.01. The van der Waals surface area contributed by atoms with Crippen molar-refractivity contribution in [3.63, 3.8) is 0 Å². The molecule has 8 nitrogen and oxygen atoms in total. The number of carbonyl (C=O) groups excluding carboxylic acids is 1. The number of anilines is 1. The second-order valence-corrected chi connectivity index (χ2v) is 14.1. The van der Waals surface area contributed by atoms with Crippen molar-refractivity contribution < 1.29 is 27.8 Å². The van der Waals surface area contributed by atoms with Crippen LogP contribution in [0, 0.1) is 28.8 Å². The van der Waals surface area contributed by atoms with Gasteiger partial charge in [0.25, 0.3) is 0 Å². The first kappa shape index (κ1) is 28.3. The molecule has 5 aliphatic rings. The van der Waals surface area contributed by atoms with Crippen LogP contribution in [0.2, 0.25) is 0 Å². The summed E-state index contributed by atoms with van der Waals surface area (Å²) in [5.41, 5.74) is -0.00420. The van der Waals surface area contributed by atoms with Crippen LogP contribution in [-0.4, -0.2) is 76.7 Å². The van der Waals surface area contributed by atoms with E-state index >= 15 is 8.78 Å². The first-order valence-corrected chi connectivity index (χ1v) is 16.3. The van der Waals surface area contributed by atoms with E-state index in [0.29, 0.717) is 61.2 Å². The molecule has 5 fully saturated rings. The van der Waals surface area contributed by atoms with Crippen LogP contribution in [0.1, 0.15) is 38.5 Å². The number of aromatic nitrogens is 2. The monoisotopic (exact) mass is 629 g/mol. The lowest BCUT2D eigenvalue weighted by molar-refractivity contribution is -0.122. The molecule has 2 N–H and O–H groups in total. The van der Waals surface area contributed by atoms with Gasteiger partial charge in [0.05, 0.1) is 6.61 Å². The van der Waals surface area contributed by atoms with Gasteiger partial charge in [0, 0.05) is 78.4 Å². The van der Waals surface area contributed by atoms with E-state index in [1.54, 1.807) is 6.07 Å². The highest BCUT2D eigenvalue weighted by Crippen LogP contribution is 2.49. The average Bonchev–Trinajstić information content (AvgIpc) is 3.36. The molecule has 4 bridgehead atoms. The number of piperidine rings is 1. The standard InChI is InChI=1S/C35H34F3N5O3/c36-27-6-1-18-10-23(44)12-26(29(18)31(27)38)24-4-5-25-32(30(24)37)40-34(41-33(25)42-14-20-2-3-21(15-42)39-20)46-17-35(7-8-35)16-43-13-19-9-22(43)11-28(19)45/h1,4-6,10,12,19-22,39,44H,2-3,7-9,11,13-17H2. The lowest BCUT2D eigenvalue weighted by atomic mass is 9.95. The summed E-state index contributed by atoms with van der Waals surface area (Å²) in [6.45, 7) is 3.49. The minimum absolute atomic E-state index is 0.00817. The summed E-state index contributed by atoms with van der Waals surface area (Å²) in [6.07, 6.45) is 5.71. The Hall–Kier alpha value is -3.96. The Morgan fingerprint density at radius 1 is 0.978 bits per heavy atom. The lowest BCUT2D eigenvalue weighted by Gasteiger charge is -2.34. The van der Waals surface area contributed by atoms with E-state index in [0.717, 1.165) is 51.3 Å². The van der Waals surface area contributed by atoms with Crippen LogP contribution in [0.4, 0.5) is 19.0 Å². The van der Waals surface area contributed by atoms with E-state index in [9.17, 15) is 14.3 Å². The molecule has 3 aliphatic heterocycles. The van der Waals surface area contributed by atoms with Crippen LogP contribution in [0.25, 0.3) is 32.8 Å². The number of phenols is 1. The van der Waals surface area contributed by atoms with Crippen molar-refractivity contribution in [1.82, 2.24) is 20.2 Å². The van der Waals surface area contributed by atoms with Gasteiger partial charge in [0.2, 0.25) is 0 Å². The summed E-state index contributed by atoms with van der Waals surface area (Å²) in [7, 11) is 0. The van der Waals surface area contributed by atoms with Crippen LogP contribution in [-0.2, 0) is 4.79 Å². The number of aromatic hydroxyl groups is 1. The van der Waals surface area contributed by atoms with Crippen LogP contribution in [0.15, 0.2) is 36.4 Å². The van der Waals surface area contributed by atoms with Gasteiger partial charge in [0.1, 0.15) is 22.9 Å². The first-order chi connectivity index (χ1) is 22.2. The molecule has 0 amide bonds. The quantitative estimate of drug-likeness (QED) is 0.284. The molecule has 3 saturated heterocycles. The summed E-state index contributed by atoms with van der Waals surface area (Å²) >= 11 is 0. The Morgan fingerprint density at radius 2 is 1.78 bits per heavy atom. The van der Waals surface area contributed by atoms with Crippen molar-refractivity contribution in [1.29, 1.82) is 0 Å². The molecule has 4 aromatic rings. The largest absolute Gasteiger partial charge is 0.508 e. The fraction of sp³-hybridized carbons (Fsp3) is 0.457. The molecule has 9 rings (SSSR count). The zero-order chi connectivity index (χ0) is 31.3. The Morgan fingerprint density at radius 3 is 2.50 bits per heavy atom. The molecule has 11 heteroatoms. The van der Waals surface area contributed by atoms with Gasteiger partial charge in [-0.05, 0) is 67.3 Å². The number of ether oxygens (including phenoxy) is 1. The summed E-state index contributed by atoms with van der Waals surface area (Å²) < 4.78 is 52.5. The van der Waals surface area contributed by atoms with Gasteiger partial charge in [-0.3, -0.25) is 9.69 Å². The fourth-order valence-corrected chi connectivity index (χ4v) is 8.40. The third kappa shape index (κ3) is 4.61. The van der Waals surface area contributed by atoms with Crippen molar-refractivity contribution in [2.24, 2.45) is 11.3 Å². The second-order valence-electron chi connectivity index (χ2n) is 14.1. The summed E-state index contributed by atoms with van der Waals surface area (Å²) in [5, 5.41) is 14.7. The van der Waals surface area contributed by atoms with Crippen LogP contribution in [0.5, 0.6) is 11.8 Å². The topological polar surface area (TPSA) is 90.8 Å². The Kier molecular flexibility index (Phi) is 6.31. The van der Waals surface area contributed by atoms with Gasteiger partial charge in [-0.15, -0.1) is 0 Å². The number of phenolic OH excluding ortho intramolecular Hbond substituents is 1. The summed E-state index contributed by atoms with van der Waals surface area (Å²) in [5.74, 6) is -1.96. The lowest BCUT2D eigenvalue weighted by Crippen LogP contribution is -2.51. The molecule has 4 unspecified atom stereocenters. The molecular formula is C35H34F3N5O3. The van der Waals surface area contributed by atoms with Gasteiger partial charge in [-0.1, -0.05) is 12.1 Å². The van der Waals surface area contributed by atoms with E-state index in [1.165, 1.54) is 24.3 Å². The average molecular weight is 630 g/mol. The number of Topliss-reactive ketones (excluding diaryl/α,β-unsaturated/α-hetero) is 1. The second kappa shape index (κ2) is 10.3. The fourth-order valence-electron chi connectivity index (χ4n) is 8.40. The van der Waals surface area contributed by atoms with E-state index < -0.39 is 17.5 Å². The SMILES string of the molecule is O=C1CC2CC1CN2CC1(COc2nc(N3CC4CCC(C3)N4)c3ccc(-c4cc(O)cc5ccc(F)c(F)c45)c(F)c3n2)CC1. The number of fused-ring (bicyclic) bond motifs is 6. The third-order valence-corrected chi connectivity index (χ3v) is 11.0. The van der Waals surface area contributed by atoms with Crippen LogP contribution in [0.3, 0.4) is 0 Å². The van der Waals surface area contributed by atoms with E-state index in [4.69, 9.17) is 9.72 Å². The van der Waals surface area contributed by atoms with Crippen molar-refractivity contribution >= 4 is 33.3 Å². The Balaban J connectivity index is 1.10.